The van der Waals surface area contributed by atoms with E-state index < -0.39 is 0 Å². The fourth-order valence-electron chi connectivity index (χ4n) is 2.19. The Kier molecular flexibility index (Phi) is 3.50. The van der Waals surface area contributed by atoms with Crippen molar-refractivity contribution in [3.05, 3.63) is 51.0 Å². The summed E-state index contributed by atoms with van der Waals surface area (Å²) in [6.07, 6.45) is 1.61. The largest absolute Gasteiger partial charge is 0.306 e. The van der Waals surface area contributed by atoms with Crippen molar-refractivity contribution in [3.63, 3.8) is 0 Å². The van der Waals surface area contributed by atoms with Crippen LogP contribution in [-0.4, -0.2) is 20.4 Å². The molecule has 0 saturated heterocycles. The molecule has 22 heavy (non-hydrogen) atoms. The molecule has 0 radical (unpaired) electrons. The first-order valence-electron chi connectivity index (χ1n) is 6.68. The van der Waals surface area contributed by atoms with Crippen LogP contribution in [0.15, 0.2) is 29.2 Å². The molecule has 3 heterocycles. The lowest BCUT2D eigenvalue weighted by atomic mass is 10.2. The Morgan fingerprint density at radius 2 is 2.09 bits per heavy atom. The molecule has 0 atom stereocenters. The number of nitrogens with zero attached hydrogens (tertiary/aromatic N) is 3. The summed E-state index contributed by atoms with van der Waals surface area (Å²) in [4.78, 5) is 34.3. The second kappa shape index (κ2) is 5.34. The van der Waals surface area contributed by atoms with E-state index in [-0.39, 0.29) is 11.5 Å². The molecule has 0 aliphatic heterocycles. The summed E-state index contributed by atoms with van der Waals surface area (Å²) in [5.74, 6) is 0.815. The van der Waals surface area contributed by atoms with Gasteiger partial charge in [-0.15, -0.1) is 11.3 Å². The molecule has 3 aromatic rings. The molecule has 0 bridgehead atoms. The number of nitrogens with one attached hydrogen (secondary N) is 1. The van der Waals surface area contributed by atoms with Crippen molar-refractivity contribution >= 4 is 33.3 Å². The van der Waals surface area contributed by atoms with E-state index in [4.69, 9.17) is 0 Å². The Morgan fingerprint density at radius 1 is 1.32 bits per heavy atom. The van der Waals surface area contributed by atoms with Crippen molar-refractivity contribution < 1.29 is 4.79 Å². The average molecular weight is 314 g/mol. The Balaban J connectivity index is 2.09. The summed E-state index contributed by atoms with van der Waals surface area (Å²) in [5, 5.41) is 3.24. The monoisotopic (exact) mass is 314 g/mol. The predicted molar refractivity (Wildman–Crippen MR) is 86.5 cm³/mol. The van der Waals surface area contributed by atoms with Crippen LogP contribution in [0, 0.1) is 13.8 Å². The number of amides is 1. The van der Waals surface area contributed by atoms with Gasteiger partial charge in [0, 0.05) is 13.2 Å². The second-order valence-corrected chi connectivity index (χ2v) is 5.93. The van der Waals surface area contributed by atoms with Gasteiger partial charge in [0.1, 0.15) is 16.5 Å². The maximum absolute atomic E-state index is 12.4. The van der Waals surface area contributed by atoms with E-state index in [0.717, 1.165) is 0 Å². The third-order valence-corrected chi connectivity index (χ3v) is 4.69. The molecule has 7 heteroatoms. The minimum atomic E-state index is -0.279. The minimum Gasteiger partial charge on any atom is -0.306 e. The SMILES string of the molecule is Cc1c(C(=O)Nc2ccccn2)sc2nc(C)n(C)c(=O)c12. The first-order valence-corrected chi connectivity index (χ1v) is 7.50. The van der Waals surface area contributed by atoms with Crippen molar-refractivity contribution in [1.29, 1.82) is 0 Å². The second-order valence-electron chi connectivity index (χ2n) is 4.93. The van der Waals surface area contributed by atoms with E-state index >= 15 is 0 Å². The smallest absolute Gasteiger partial charge is 0.267 e. The molecule has 0 aliphatic carbocycles. The van der Waals surface area contributed by atoms with Crippen LogP contribution in [-0.2, 0) is 7.05 Å². The Labute approximate surface area is 130 Å². The Morgan fingerprint density at radius 3 is 2.77 bits per heavy atom. The van der Waals surface area contributed by atoms with Crippen molar-refractivity contribution in [1.82, 2.24) is 14.5 Å². The average Bonchev–Trinajstić information content (AvgIpc) is 2.83. The molecule has 0 spiro atoms. The van der Waals surface area contributed by atoms with Crippen molar-refractivity contribution in [2.45, 2.75) is 13.8 Å². The number of anilines is 1. The molecule has 0 unspecified atom stereocenters. The molecule has 0 saturated carbocycles. The van der Waals surface area contributed by atoms with Crippen LogP contribution >= 0.6 is 11.3 Å². The third kappa shape index (κ3) is 2.29. The van der Waals surface area contributed by atoms with Gasteiger partial charge in [0.25, 0.3) is 11.5 Å². The number of carbonyl (C=O) groups is 1. The number of aryl methyl sites for hydroxylation is 2. The van der Waals surface area contributed by atoms with Crippen LogP contribution in [0.2, 0.25) is 0 Å². The van der Waals surface area contributed by atoms with Crippen molar-refractivity contribution in [3.8, 4) is 0 Å². The first kappa shape index (κ1) is 14.4. The molecule has 3 rings (SSSR count). The molecule has 0 aliphatic rings. The quantitative estimate of drug-likeness (QED) is 0.787. The molecule has 6 nitrogen and oxygen atoms in total. The highest BCUT2D eigenvalue weighted by Gasteiger charge is 2.20. The van der Waals surface area contributed by atoms with Crippen LogP contribution in [0.4, 0.5) is 5.82 Å². The van der Waals surface area contributed by atoms with Gasteiger partial charge in [-0.25, -0.2) is 9.97 Å². The predicted octanol–water partition coefficient (Wildman–Crippen LogP) is 2.26. The highest BCUT2D eigenvalue weighted by Crippen LogP contribution is 2.27. The zero-order valence-electron chi connectivity index (χ0n) is 12.4. The fraction of sp³-hybridized carbons (Fsp3) is 0.200. The molecule has 0 fully saturated rings. The molecule has 0 aromatic carbocycles. The van der Waals surface area contributed by atoms with E-state index in [1.807, 2.05) is 0 Å². The van der Waals surface area contributed by atoms with E-state index in [0.29, 0.717) is 32.3 Å². The molecule has 1 amide bonds. The van der Waals surface area contributed by atoms with E-state index in [9.17, 15) is 9.59 Å². The van der Waals surface area contributed by atoms with Crippen LogP contribution in [0.5, 0.6) is 0 Å². The zero-order valence-corrected chi connectivity index (χ0v) is 13.2. The molecule has 1 N–H and O–H groups in total. The summed E-state index contributed by atoms with van der Waals surface area (Å²) in [7, 11) is 1.68. The Bertz CT molecular complexity index is 928. The van der Waals surface area contributed by atoms with Crippen molar-refractivity contribution in [2.24, 2.45) is 7.05 Å². The standard InChI is InChI=1S/C15H14N4O2S/c1-8-11-14(17-9(2)19(3)15(11)21)22-12(8)13(20)18-10-6-4-5-7-16-10/h4-7H,1-3H3,(H,16,18,20). The third-order valence-electron chi connectivity index (χ3n) is 3.51. The van der Waals surface area contributed by atoms with E-state index in [1.165, 1.54) is 15.9 Å². The number of pyridine rings is 1. The summed E-state index contributed by atoms with van der Waals surface area (Å²) in [6, 6.07) is 5.28. The van der Waals surface area contributed by atoms with Crippen LogP contribution in [0.3, 0.4) is 0 Å². The number of aromatic nitrogens is 3. The summed E-state index contributed by atoms with van der Waals surface area (Å²) < 4.78 is 1.49. The minimum absolute atomic E-state index is 0.131. The number of fused-ring (bicyclic) bond motifs is 1. The van der Waals surface area contributed by atoms with Gasteiger partial charge in [0.15, 0.2) is 0 Å². The maximum Gasteiger partial charge on any atom is 0.267 e. The van der Waals surface area contributed by atoms with Crippen molar-refractivity contribution in [2.75, 3.05) is 5.32 Å². The van der Waals surface area contributed by atoms with E-state index in [2.05, 4.69) is 15.3 Å². The lowest BCUT2D eigenvalue weighted by molar-refractivity contribution is 0.102. The molecule has 3 aromatic heterocycles. The number of carbonyl (C=O) groups excluding carboxylic acids is 1. The molecular weight excluding hydrogens is 300 g/mol. The Hall–Kier alpha value is -2.54. The topological polar surface area (TPSA) is 76.9 Å². The maximum atomic E-state index is 12.4. The van der Waals surface area contributed by atoms with Gasteiger partial charge in [-0.3, -0.25) is 14.2 Å². The zero-order chi connectivity index (χ0) is 15.9. The number of hydrogen-bond donors (Lipinski definition) is 1. The highest BCUT2D eigenvalue weighted by molar-refractivity contribution is 7.20. The molecular formula is C15H14N4O2S. The number of hydrogen-bond acceptors (Lipinski definition) is 5. The highest BCUT2D eigenvalue weighted by atomic mass is 32.1. The van der Waals surface area contributed by atoms with Gasteiger partial charge in [0.05, 0.1) is 10.3 Å². The fourth-order valence-corrected chi connectivity index (χ4v) is 3.30. The van der Waals surface area contributed by atoms with Gasteiger partial charge in [-0.05, 0) is 31.5 Å². The van der Waals surface area contributed by atoms with Crippen LogP contribution in [0.1, 0.15) is 21.1 Å². The summed E-state index contributed by atoms with van der Waals surface area (Å²) >= 11 is 1.22. The van der Waals surface area contributed by atoms with E-state index in [1.54, 1.807) is 45.3 Å². The molecule has 112 valence electrons. The van der Waals surface area contributed by atoms with Crippen LogP contribution in [0.25, 0.3) is 10.2 Å². The summed E-state index contributed by atoms with van der Waals surface area (Å²) in [5.41, 5.74) is 0.523. The lowest BCUT2D eigenvalue weighted by Gasteiger charge is -2.03. The number of rotatable bonds is 2. The van der Waals surface area contributed by atoms with Gasteiger partial charge in [0.2, 0.25) is 0 Å². The van der Waals surface area contributed by atoms with Gasteiger partial charge in [-0.2, -0.15) is 0 Å². The van der Waals surface area contributed by atoms with Gasteiger partial charge in [-0.1, -0.05) is 6.07 Å². The van der Waals surface area contributed by atoms with Crippen LogP contribution < -0.4 is 10.9 Å². The van der Waals surface area contributed by atoms with Gasteiger partial charge < -0.3 is 5.32 Å². The summed E-state index contributed by atoms with van der Waals surface area (Å²) in [6.45, 7) is 3.54. The normalized spacial score (nSPS) is 10.9. The van der Waals surface area contributed by atoms with Gasteiger partial charge >= 0.3 is 0 Å². The lowest BCUT2D eigenvalue weighted by Crippen LogP contribution is -2.20. The number of thiophene rings is 1. The first-order chi connectivity index (χ1) is 10.5.